The fourth-order valence-electron chi connectivity index (χ4n) is 7.90. The molecule has 1 aliphatic carbocycles. The molecule has 55 heavy (non-hydrogen) atoms. The van der Waals surface area contributed by atoms with E-state index in [1.54, 1.807) is 66.7 Å². The predicted molar refractivity (Wildman–Crippen MR) is 208 cm³/mol. The molecule has 8 atom stereocenters. The Morgan fingerprint density at radius 1 is 0.982 bits per heavy atom. The number of nitrogens with zero attached hydrogens (tertiary/aromatic N) is 1. The van der Waals surface area contributed by atoms with Crippen LogP contribution in [0.2, 0.25) is 0 Å². The molecular weight excluding hydrogens is 751 g/mol. The summed E-state index contributed by atoms with van der Waals surface area (Å²) in [5, 5.41) is 40.2. The van der Waals surface area contributed by atoms with Crippen molar-refractivity contribution in [3.05, 3.63) is 89.5 Å². The molecule has 1 aliphatic heterocycles. The Hall–Kier alpha value is -3.61. The molecular formula is C39H53N3O11S2. The van der Waals surface area contributed by atoms with E-state index in [4.69, 9.17) is 4.74 Å². The van der Waals surface area contributed by atoms with Crippen LogP contribution in [-0.2, 0) is 35.8 Å². The zero-order valence-corrected chi connectivity index (χ0v) is 33.2. The topological polar surface area (TPSA) is 212 Å². The summed E-state index contributed by atoms with van der Waals surface area (Å²) in [6.45, 7) is 3.30. The number of ether oxygens (including phenoxy) is 1. The van der Waals surface area contributed by atoms with Gasteiger partial charge in [0, 0.05) is 42.7 Å². The molecule has 1 fully saturated rings. The summed E-state index contributed by atoms with van der Waals surface area (Å²) in [5.41, 5.74) is 1.96. The third-order valence-electron chi connectivity index (χ3n) is 11.0. The number of amides is 2. The average molecular weight is 804 g/mol. The van der Waals surface area contributed by atoms with Crippen LogP contribution >= 0.6 is 0 Å². The average Bonchev–Trinajstić information content (AvgIpc) is 3.21. The molecule has 14 nitrogen and oxygen atoms in total. The monoisotopic (exact) mass is 803 g/mol. The molecule has 5 rings (SSSR count). The van der Waals surface area contributed by atoms with Gasteiger partial charge in [0.05, 0.1) is 42.1 Å². The fraction of sp³-hybridized carbons (Fsp3) is 0.513. The lowest BCUT2D eigenvalue weighted by Crippen LogP contribution is -2.61. The van der Waals surface area contributed by atoms with Crippen molar-refractivity contribution >= 4 is 37.6 Å². The van der Waals surface area contributed by atoms with Gasteiger partial charge in [0.15, 0.2) is 9.84 Å². The highest BCUT2D eigenvalue weighted by Gasteiger charge is 2.49. The van der Waals surface area contributed by atoms with E-state index < -0.39 is 80.6 Å². The standard InChI is InChI=1S/C39H53N3O11S2/c1-5-7-18-39(6-2)24-54(47,48)32-17-16-29(42(3)4)21-30(32)33(37(39)45)26-14-11-15-28(19-26)40-38(46)41-31-20-27(23-53-55(49,50)51)34(43)36(35(31)44)52-22-25-12-9-8-10-13-25/h8-17,19,21,27,31,33-37,43-45H,5-7,18,20,22-24H2,1-4H3,(H2,40,41,46)(H,49,50,51)/t27-,31-,33-,34?,35?,36+,37-,39-/m1/s1. The van der Waals surface area contributed by atoms with Crippen molar-refractivity contribution in [2.24, 2.45) is 11.3 Å². The molecule has 1 heterocycles. The Bertz CT molecular complexity index is 2000. The summed E-state index contributed by atoms with van der Waals surface area (Å²) >= 11 is 0. The predicted octanol–water partition coefficient (Wildman–Crippen LogP) is 4.26. The molecule has 0 saturated heterocycles. The van der Waals surface area contributed by atoms with Gasteiger partial charge in [0.25, 0.3) is 0 Å². The minimum absolute atomic E-state index is 0.00244. The highest BCUT2D eigenvalue weighted by molar-refractivity contribution is 7.91. The number of hydrogen-bond acceptors (Lipinski definition) is 11. The van der Waals surface area contributed by atoms with E-state index in [0.29, 0.717) is 29.7 Å². The molecule has 16 heteroatoms. The van der Waals surface area contributed by atoms with Crippen LogP contribution < -0.4 is 15.5 Å². The first-order chi connectivity index (χ1) is 26.0. The van der Waals surface area contributed by atoms with Crippen molar-refractivity contribution in [1.82, 2.24) is 5.32 Å². The minimum Gasteiger partial charge on any atom is -0.392 e. The number of unbranched alkanes of at least 4 members (excludes halogenated alkanes) is 1. The first-order valence-electron chi connectivity index (χ1n) is 18.5. The Morgan fingerprint density at radius 3 is 2.36 bits per heavy atom. The van der Waals surface area contributed by atoms with Gasteiger partial charge in [-0.05, 0) is 66.3 Å². The van der Waals surface area contributed by atoms with Crippen LogP contribution in [0.5, 0.6) is 0 Å². The minimum atomic E-state index is -4.85. The molecule has 1 saturated carbocycles. The van der Waals surface area contributed by atoms with Gasteiger partial charge < -0.3 is 35.6 Å². The van der Waals surface area contributed by atoms with E-state index >= 15 is 0 Å². The van der Waals surface area contributed by atoms with Gasteiger partial charge in [-0.15, -0.1) is 0 Å². The second-order valence-electron chi connectivity index (χ2n) is 14.9. The van der Waals surface area contributed by atoms with Crippen LogP contribution in [0, 0.1) is 11.3 Å². The maximum atomic E-state index is 14.0. The van der Waals surface area contributed by atoms with E-state index in [9.17, 15) is 41.5 Å². The Balaban J connectivity index is 1.43. The molecule has 2 amide bonds. The van der Waals surface area contributed by atoms with Crippen LogP contribution in [0.4, 0.5) is 16.2 Å². The summed E-state index contributed by atoms with van der Waals surface area (Å²) in [6.07, 6.45) is -2.79. The second kappa shape index (κ2) is 17.7. The number of aliphatic hydroxyl groups excluding tert-OH is 3. The molecule has 2 aliphatic rings. The summed E-state index contributed by atoms with van der Waals surface area (Å²) in [7, 11) is -4.95. The maximum absolute atomic E-state index is 14.0. The van der Waals surface area contributed by atoms with Gasteiger partial charge in [-0.3, -0.25) is 4.55 Å². The number of carbonyl (C=O) groups excluding carboxylic acids is 1. The summed E-state index contributed by atoms with van der Waals surface area (Å²) in [4.78, 5) is 15.6. The van der Waals surface area contributed by atoms with Gasteiger partial charge in [-0.2, -0.15) is 8.42 Å². The van der Waals surface area contributed by atoms with Gasteiger partial charge in [0.2, 0.25) is 0 Å². The fourth-order valence-corrected chi connectivity index (χ4v) is 10.5. The van der Waals surface area contributed by atoms with E-state index in [1.165, 1.54) is 0 Å². The molecule has 0 aromatic heterocycles. The lowest BCUT2D eigenvalue weighted by molar-refractivity contribution is -0.159. The highest BCUT2D eigenvalue weighted by atomic mass is 32.3. The lowest BCUT2D eigenvalue weighted by atomic mass is 9.69. The van der Waals surface area contributed by atoms with Crippen molar-refractivity contribution in [3.8, 4) is 0 Å². The number of urea groups is 1. The molecule has 0 spiro atoms. The van der Waals surface area contributed by atoms with Crippen LogP contribution in [0.15, 0.2) is 77.7 Å². The quantitative estimate of drug-likeness (QED) is 0.126. The second-order valence-corrected chi connectivity index (χ2v) is 17.9. The van der Waals surface area contributed by atoms with Crippen molar-refractivity contribution in [3.63, 3.8) is 0 Å². The molecule has 3 aromatic carbocycles. The summed E-state index contributed by atoms with van der Waals surface area (Å²) in [5.74, 6) is -1.93. The molecule has 3 aromatic rings. The lowest BCUT2D eigenvalue weighted by Gasteiger charge is -2.42. The maximum Gasteiger partial charge on any atom is 0.397 e. The largest absolute Gasteiger partial charge is 0.397 e. The normalized spacial score (nSPS) is 27.7. The zero-order chi connectivity index (χ0) is 40.1. The van der Waals surface area contributed by atoms with Gasteiger partial charge in [-0.25, -0.2) is 17.4 Å². The van der Waals surface area contributed by atoms with E-state index in [0.717, 1.165) is 24.1 Å². The van der Waals surface area contributed by atoms with Gasteiger partial charge >= 0.3 is 16.4 Å². The third kappa shape index (κ3) is 10.0. The van der Waals surface area contributed by atoms with Crippen molar-refractivity contribution in [2.75, 3.05) is 36.7 Å². The zero-order valence-electron chi connectivity index (χ0n) is 31.5. The molecule has 0 radical (unpaired) electrons. The van der Waals surface area contributed by atoms with Crippen LogP contribution in [0.25, 0.3) is 0 Å². The van der Waals surface area contributed by atoms with Gasteiger partial charge in [-0.1, -0.05) is 69.2 Å². The number of benzene rings is 3. The first kappa shape index (κ1) is 42.5. The number of aliphatic hydroxyl groups is 3. The summed E-state index contributed by atoms with van der Waals surface area (Å²) in [6, 6.07) is 19.2. The number of fused-ring (bicyclic) bond motifs is 1. The van der Waals surface area contributed by atoms with E-state index in [-0.39, 0.29) is 23.7 Å². The van der Waals surface area contributed by atoms with Crippen molar-refractivity contribution < 1.29 is 50.4 Å². The Labute approximate surface area is 323 Å². The number of hydrogen-bond donors (Lipinski definition) is 6. The van der Waals surface area contributed by atoms with Crippen molar-refractivity contribution in [2.45, 2.75) is 93.8 Å². The Morgan fingerprint density at radius 2 is 1.71 bits per heavy atom. The smallest absolute Gasteiger partial charge is 0.392 e. The van der Waals surface area contributed by atoms with Crippen LogP contribution in [-0.4, -0.2) is 99.7 Å². The molecule has 6 N–H and O–H groups in total. The Kier molecular flexibility index (Phi) is 13.7. The summed E-state index contributed by atoms with van der Waals surface area (Å²) < 4.78 is 70.5. The van der Waals surface area contributed by atoms with E-state index in [2.05, 4.69) is 14.8 Å². The molecule has 0 bridgehead atoms. The van der Waals surface area contributed by atoms with Gasteiger partial charge in [0.1, 0.15) is 12.2 Å². The van der Waals surface area contributed by atoms with Crippen molar-refractivity contribution in [1.29, 1.82) is 0 Å². The SMILES string of the molecule is CCCC[C@]1(CC)CS(=O)(=O)c2ccc(N(C)C)cc2[C@@H](c2cccc(NC(=O)N[C@@H]3C[C@H](COS(=O)(=O)O)C(O)[C@H](OCc4ccccc4)C3O)c2)[C@H]1O. The van der Waals surface area contributed by atoms with Crippen LogP contribution in [0.3, 0.4) is 0 Å². The van der Waals surface area contributed by atoms with Crippen LogP contribution in [0.1, 0.15) is 68.6 Å². The number of nitrogens with one attached hydrogen (secondary N) is 2. The number of sulfone groups is 1. The molecule has 302 valence electrons. The first-order valence-corrected chi connectivity index (χ1v) is 21.5. The molecule has 2 unspecified atom stereocenters. The number of anilines is 2. The van der Waals surface area contributed by atoms with E-state index in [1.807, 2.05) is 38.9 Å². The number of rotatable bonds is 14. The number of carbonyl (C=O) groups is 1. The highest BCUT2D eigenvalue weighted by Crippen LogP contribution is 2.49. The third-order valence-corrected chi connectivity index (χ3v) is 13.4.